The third-order valence-corrected chi connectivity index (χ3v) is 8.55. The summed E-state index contributed by atoms with van der Waals surface area (Å²) in [6, 6.07) is 26.1. The highest BCUT2D eigenvalue weighted by Crippen LogP contribution is 2.46. The van der Waals surface area contributed by atoms with Crippen molar-refractivity contribution in [3.63, 3.8) is 0 Å². The van der Waals surface area contributed by atoms with Gasteiger partial charge in [-0.05, 0) is 29.7 Å². The molecular formula is C34H38N3O6+. The Morgan fingerprint density at radius 3 is 2.07 bits per heavy atom. The van der Waals surface area contributed by atoms with Crippen LogP contribution in [-0.4, -0.2) is 53.2 Å². The number of nitrogens with two attached hydrogens (primary N) is 1. The van der Waals surface area contributed by atoms with Crippen LogP contribution in [0, 0.1) is 10.1 Å². The Hall–Kier alpha value is -4.60. The van der Waals surface area contributed by atoms with Crippen molar-refractivity contribution in [2.24, 2.45) is 5.73 Å². The number of carboxylic acid groups (broad SMARTS) is 1. The summed E-state index contributed by atoms with van der Waals surface area (Å²) >= 11 is 0. The van der Waals surface area contributed by atoms with Crippen molar-refractivity contribution in [2.75, 3.05) is 26.7 Å². The second-order valence-electron chi connectivity index (χ2n) is 10.9. The summed E-state index contributed by atoms with van der Waals surface area (Å²) in [7, 11) is 1.91. The lowest BCUT2D eigenvalue weighted by molar-refractivity contribution is -0.836. The zero-order valence-corrected chi connectivity index (χ0v) is 24.7. The van der Waals surface area contributed by atoms with Gasteiger partial charge in [-0.15, -0.1) is 0 Å². The van der Waals surface area contributed by atoms with Gasteiger partial charge in [0.15, 0.2) is 0 Å². The molecule has 9 heteroatoms. The number of hydrogen-bond donors (Lipinski definition) is 2. The van der Waals surface area contributed by atoms with Gasteiger partial charge in [0, 0.05) is 38.3 Å². The normalized spacial score (nSPS) is 18.6. The summed E-state index contributed by atoms with van der Waals surface area (Å²) in [5.41, 5.74) is 9.42. The molecule has 0 fully saturated rings. The number of carbonyl (C=O) groups is 2. The Kier molecular flexibility index (Phi) is 9.90. The van der Waals surface area contributed by atoms with Crippen LogP contribution < -0.4 is 5.73 Å². The molecule has 224 valence electrons. The largest absolute Gasteiger partial charge is 0.478 e. The molecule has 0 aromatic heterocycles. The topological polar surface area (TPSA) is 133 Å². The monoisotopic (exact) mass is 584 g/mol. The fourth-order valence-corrected chi connectivity index (χ4v) is 5.99. The number of aliphatic carboxylic acids is 1. The van der Waals surface area contributed by atoms with Gasteiger partial charge in [-0.3, -0.25) is 14.6 Å². The summed E-state index contributed by atoms with van der Waals surface area (Å²) in [6.07, 6.45) is 1.10. The van der Waals surface area contributed by atoms with E-state index in [0.29, 0.717) is 42.9 Å². The SMILES string of the molecule is CC1=C(C(=O)O)C(c2cccc([N+](=O)[O-])c2)C(C(=O)OCCCN)=C(C)[N+]1(C)CCC(c1ccccc1)c1ccccc1. The Labute approximate surface area is 251 Å². The zero-order valence-electron chi connectivity index (χ0n) is 24.7. The lowest BCUT2D eigenvalue weighted by Crippen LogP contribution is -2.48. The highest BCUT2D eigenvalue weighted by atomic mass is 16.6. The number of quaternary nitrogens is 1. The number of nitrogens with zero attached hydrogens (tertiary/aromatic N) is 2. The van der Waals surface area contributed by atoms with E-state index in [-0.39, 0.29) is 33.8 Å². The van der Waals surface area contributed by atoms with E-state index >= 15 is 0 Å². The molecule has 43 heavy (non-hydrogen) atoms. The van der Waals surface area contributed by atoms with Gasteiger partial charge >= 0.3 is 11.9 Å². The number of carbonyl (C=O) groups excluding carboxylic acids is 1. The smallest absolute Gasteiger partial charge is 0.340 e. The van der Waals surface area contributed by atoms with Crippen molar-refractivity contribution in [2.45, 2.75) is 38.5 Å². The lowest BCUT2D eigenvalue weighted by atomic mass is 9.78. The molecule has 2 unspecified atom stereocenters. The second kappa shape index (κ2) is 13.6. The Morgan fingerprint density at radius 2 is 1.53 bits per heavy atom. The number of nitro benzene ring substituents is 1. The van der Waals surface area contributed by atoms with Crippen LogP contribution in [0.15, 0.2) is 107 Å². The lowest BCUT2D eigenvalue weighted by Gasteiger charge is -2.42. The molecule has 4 rings (SSSR count). The molecule has 0 radical (unpaired) electrons. The van der Waals surface area contributed by atoms with Crippen LogP contribution >= 0.6 is 0 Å². The van der Waals surface area contributed by atoms with Gasteiger partial charge in [-0.2, -0.15) is 0 Å². The standard InChI is InChI=1S/C34H37N3O6/c1-23-30(33(38)39)32(27-16-10-17-28(22-27)36(41)42)31(34(40)43-21-11-19-35)24(2)37(23,3)20-18-29(25-12-6-4-7-13-25)26-14-8-5-9-15-26/h4-10,12-17,22,29,32H,11,18-21,35H2,1-3H3/p+1. The van der Waals surface area contributed by atoms with Gasteiger partial charge in [0.25, 0.3) is 5.69 Å². The van der Waals surface area contributed by atoms with Crippen LogP contribution in [-0.2, 0) is 14.3 Å². The average Bonchev–Trinajstić information content (AvgIpc) is 3.01. The van der Waals surface area contributed by atoms with E-state index in [9.17, 15) is 24.8 Å². The Balaban J connectivity index is 1.86. The predicted molar refractivity (Wildman–Crippen MR) is 164 cm³/mol. The maximum absolute atomic E-state index is 13.7. The van der Waals surface area contributed by atoms with E-state index in [0.717, 1.165) is 11.1 Å². The van der Waals surface area contributed by atoms with Crippen molar-refractivity contribution >= 4 is 17.6 Å². The first kappa shape index (κ1) is 31.3. The number of non-ortho nitro benzene ring substituents is 1. The summed E-state index contributed by atoms with van der Waals surface area (Å²) < 4.78 is 5.69. The average molecular weight is 585 g/mol. The van der Waals surface area contributed by atoms with Gasteiger partial charge in [-0.25, -0.2) is 9.59 Å². The van der Waals surface area contributed by atoms with Gasteiger partial charge in [0.2, 0.25) is 0 Å². The molecule has 0 saturated heterocycles. The van der Waals surface area contributed by atoms with E-state index in [1.165, 1.54) is 18.2 Å². The van der Waals surface area contributed by atoms with Crippen LogP contribution in [0.25, 0.3) is 0 Å². The number of benzene rings is 3. The molecule has 1 aliphatic heterocycles. The number of rotatable bonds is 12. The van der Waals surface area contributed by atoms with Crippen molar-refractivity contribution in [1.82, 2.24) is 0 Å². The van der Waals surface area contributed by atoms with E-state index in [1.807, 2.05) is 50.4 Å². The maximum Gasteiger partial charge on any atom is 0.340 e. The maximum atomic E-state index is 13.7. The summed E-state index contributed by atoms with van der Waals surface area (Å²) in [5, 5.41) is 22.2. The molecular weight excluding hydrogens is 546 g/mol. The molecule has 3 N–H and O–H groups in total. The molecule has 3 aromatic rings. The van der Waals surface area contributed by atoms with Crippen LogP contribution in [0.1, 0.15) is 55.2 Å². The number of allylic oxidation sites excluding steroid dienone is 2. The molecule has 0 amide bonds. The summed E-state index contributed by atoms with van der Waals surface area (Å²) in [5.74, 6) is -2.87. The molecule has 9 nitrogen and oxygen atoms in total. The Bertz CT molecular complexity index is 1510. The van der Waals surface area contributed by atoms with Crippen molar-refractivity contribution in [3.05, 3.63) is 134 Å². The van der Waals surface area contributed by atoms with E-state index in [2.05, 4.69) is 24.3 Å². The summed E-state index contributed by atoms with van der Waals surface area (Å²) in [6.45, 7) is 4.49. The minimum absolute atomic E-state index is 0.00958. The second-order valence-corrected chi connectivity index (χ2v) is 10.9. The minimum atomic E-state index is -1.19. The molecule has 0 aliphatic carbocycles. The number of hydrogen-bond acceptors (Lipinski definition) is 6. The van der Waals surface area contributed by atoms with Crippen LogP contribution in [0.3, 0.4) is 0 Å². The quantitative estimate of drug-likeness (QED) is 0.0892. The number of carboxylic acids is 1. The first-order chi connectivity index (χ1) is 20.6. The zero-order chi connectivity index (χ0) is 31.1. The molecule has 3 aromatic carbocycles. The molecule has 2 atom stereocenters. The van der Waals surface area contributed by atoms with Crippen molar-refractivity contribution < 1.29 is 28.8 Å². The molecule has 0 spiro atoms. The Morgan fingerprint density at radius 1 is 0.953 bits per heavy atom. The third kappa shape index (κ3) is 6.58. The summed E-state index contributed by atoms with van der Waals surface area (Å²) in [4.78, 5) is 37.8. The van der Waals surface area contributed by atoms with Crippen LogP contribution in [0.2, 0.25) is 0 Å². The minimum Gasteiger partial charge on any atom is -0.478 e. The fourth-order valence-electron chi connectivity index (χ4n) is 5.99. The van der Waals surface area contributed by atoms with Crippen LogP contribution in [0.4, 0.5) is 5.69 Å². The van der Waals surface area contributed by atoms with E-state index in [4.69, 9.17) is 10.5 Å². The number of nitro groups is 1. The molecule has 0 bridgehead atoms. The van der Waals surface area contributed by atoms with Gasteiger partial charge in [-0.1, -0.05) is 72.8 Å². The molecule has 0 saturated carbocycles. The third-order valence-electron chi connectivity index (χ3n) is 8.55. The van der Waals surface area contributed by atoms with Crippen molar-refractivity contribution in [3.8, 4) is 0 Å². The molecule has 1 aliphatic rings. The first-order valence-electron chi connectivity index (χ1n) is 14.3. The highest BCUT2D eigenvalue weighted by Gasteiger charge is 2.48. The fraction of sp³-hybridized carbons (Fsp3) is 0.294. The van der Waals surface area contributed by atoms with Gasteiger partial charge in [0.1, 0.15) is 22.5 Å². The van der Waals surface area contributed by atoms with Gasteiger partial charge < -0.3 is 15.6 Å². The first-order valence-corrected chi connectivity index (χ1v) is 14.3. The van der Waals surface area contributed by atoms with Crippen LogP contribution in [0.5, 0.6) is 0 Å². The van der Waals surface area contributed by atoms with E-state index < -0.39 is 22.8 Å². The van der Waals surface area contributed by atoms with Gasteiger partial charge in [0.05, 0.1) is 31.0 Å². The molecule has 1 heterocycles. The number of ether oxygens (including phenoxy) is 1. The van der Waals surface area contributed by atoms with Crippen molar-refractivity contribution in [1.29, 1.82) is 0 Å². The van der Waals surface area contributed by atoms with E-state index in [1.54, 1.807) is 13.0 Å². The number of esters is 1. The highest BCUT2D eigenvalue weighted by molar-refractivity contribution is 5.98. The predicted octanol–water partition coefficient (Wildman–Crippen LogP) is 5.89.